The molecule has 1 unspecified atom stereocenters. The summed E-state index contributed by atoms with van der Waals surface area (Å²) in [5.74, 6) is -0.966. The van der Waals surface area contributed by atoms with E-state index in [1.54, 1.807) is 0 Å². The van der Waals surface area contributed by atoms with Crippen LogP contribution in [0.15, 0.2) is 36.5 Å². The molecule has 0 spiro atoms. The van der Waals surface area contributed by atoms with E-state index in [4.69, 9.17) is 19.1 Å². The zero-order valence-electron chi connectivity index (χ0n) is 34.9. The number of phosphoric ester groups is 1. The molecule has 0 aliphatic heterocycles. The number of phosphoric acid groups is 1. The molecule has 11 heteroatoms. The van der Waals surface area contributed by atoms with Crippen LogP contribution in [0.3, 0.4) is 0 Å². The average molecular weight is 801 g/mol. The number of hydrogen-bond donors (Lipinski definition) is 3. The minimum atomic E-state index is -4.62. The highest BCUT2D eigenvalue weighted by molar-refractivity contribution is 7.47. The van der Waals surface area contributed by atoms with Gasteiger partial charge in [0.1, 0.15) is 12.7 Å². The van der Waals surface area contributed by atoms with Gasteiger partial charge >= 0.3 is 19.8 Å². The zero-order valence-corrected chi connectivity index (χ0v) is 35.8. The first-order valence-electron chi connectivity index (χ1n) is 21.9. The van der Waals surface area contributed by atoms with Crippen molar-refractivity contribution in [1.82, 2.24) is 0 Å². The standard InChI is InChI=1S/C44H81O10P/c1-3-5-7-9-11-13-15-17-19-20-22-24-26-28-30-32-34-36-44(48)54-42(40-53-55(49,50)52-38-41(46)37-45)39-51-43(47)35-33-31-29-27-25-23-21-18-16-14-12-10-8-6-4-2/h17-19,21,25,27,41-42,45-46H,3-16,20,22-24,26,28-40H2,1-2H3,(H,49,50)/b19-17+,21-18+,27-25+/t41-,42+/m0/s1. The summed E-state index contributed by atoms with van der Waals surface area (Å²) in [5, 5.41) is 18.3. The molecule has 0 aliphatic carbocycles. The van der Waals surface area contributed by atoms with Gasteiger partial charge in [0.05, 0.1) is 19.8 Å². The fraction of sp³-hybridized carbons (Fsp3) is 0.818. The summed E-state index contributed by atoms with van der Waals surface area (Å²) in [6, 6.07) is 0. The van der Waals surface area contributed by atoms with Crippen LogP contribution in [0.25, 0.3) is 0 Å². The Morgan fingerprint density at radius 2 is 0.945 bits per heavy atom. The molecule has 3 N–H and O–H groups in total. The van der Waals surface area contributed by atoms with Crippen molar-refractivity contribution in [3.8, 4) is 0 Å². The molecule has 0 aliphatic rings. The third kappa shape index (κ3) is 40.2. The SMILES string of the molecule is CCCCCCCC/C=C/C/C=C/CCCCC(=O)OC[C@H](COP(=O)(O)OC[C@@H](O)CO)OC(=O)CCCCCCCCC/C=C/CCCCCCCC. The molecule has 0 amide bonds. The minimum absolute atomic E-state index is 0.173. The lowest BCUT2D eigenvalue weighted by atomic mass is 10.1. The molecule has 0 heterocycles. The molecular formula is C44H81O10P. The Kier molecular flexibility index (Phi) is 39.1. The Bertz CT molecular complexity index is 1010. The lowest BCUT2D eigenvalue weighted by Crippen LogP contribution is -2.29. The Balaban J connectivity index is 4.34. The van der Waals surface area contributed by atoms with Gasteiger partial charge in [-0.05, 0) is 70.6 Å². The summed E-state index contributed by atoms with van der Waals surface area (Å²) in [4.78, 5) is 35.0. The van der Waals surface area contributed by atoms with Crippen molar-refractivity contribution in [2.45, 2.75) is 206 Å². The number of unbranched alkanes of at least 4 members (excludes halogenated alkanes) is 21. The van der Waals surface area contributed by atoms with Gasteiger partial charge in [0, 0.05) is 12.8 Å². The molecule has 0 radical (unpaired) electrons. The number of ether oxygens (including phenoxy) is 2. The second-order valence-electron chi connectivity index (χ2n) is 14.7. The molecule has 3 atom stereocenters. The lowest BCUT2D eigenvalue weighted by Gasteiger charge is -2.20. The highest BCUT2D eigenvalue weighted by atomic mass is 31.2. The molecule has 55 heavy (non-hydrogen) atoms. The number of carbonyl (C=O) groups is 2. The topological polar surface area (TPSA) is 149 Å². The highest BCUT2D eigenvalue weighted by Gasteiger charge is 2.27. The van der Waals surface area contributed by atoms with E-state index in [0.29, 0.717) is 12.8 Å². The molecule has 0 bridgehead atoms. The van der Waals surface area contributed by atoms with Gasteiger partial charge < -0.3 is 24.6 Å². The van der Waals surface area contributed by atoms with Crippen LogP contribution in [0.2, 0.25) is 0 Å². The number of hydrogen-bond acceptors (Lipinski definition) is 9. The number of aliphatic hydroxyl groups is 2. The van der Waals surface area contributed by atoms with E-state index in [1.165, 1.54) is 103 Å². The Labute approximate surface area is 335 Å². The largest absolute Gasteiger partial charge is 0.472 e. The lowest BCUT2D eigenvalue weighted by molar-refractivity contribution is -0.161. The molecule has 322 valence electrons. The zero-order chi connectivity index (χ0) is 40.5. The van der Waals surface area contributed by atoms with Gasteiger partial charge in [-0.25, -0.2) is 4.57 Å². The normalized spacial score (nSPS) is 14.2. The number of carbonyl (C=O) groups excluding carboxylic acids is 2. The predicted octanol–water partition coefficient (Wildman–Crippen LogP) is 11.6. The van der Waals surface area contributed by atoms with E-state index in [1.807, 2.05) is 0 Å². The van der Waals surface area contributed by atoms with Crippen molar-refractivity contribution < 1.29 is 47.8 Å². The maximum atomic E-state index is 12.6. The molecule has 0 aromatic rings. The van der Waals surface area contributed by atoms with E-state index >= 15 is 0 Å². The smallest absolute Gasteiger partial charge is 0.462 e. The molecule has 0 fully saturated rings. The van der Waals surface area contributed by atoms with Crippen LogP contribution in [0.5, 0.6) is 0 Å². The number of allylic oxidation sites excluding steroid dienone is 6. The predicted molar refractivity (Wildman–Crippen MR) is 224 cm³/mol. The first-order chi connectivity index (χ1) is 26.7. The summed E-state index contributed by atoms with van der Waals surface area (Å²) in [5.41, 5.74) is 0. The highest BCUT2D eigenvalue weighted by Crippen LogP contribution is 2.43. The fourth-order valence-corrected chi connectivity index (χ4v) is 6.63. The summed E-state index contributed by atoms with van der Waals surface area (Å²) < 4.78 is 32.7. The van der Waals surface area contributed by atoms with Crippen molar-refractivity contribution in [3.05, 3.63) is 36.5 Å². The van der Waals surface area contributed by atoms with E-state index in [-0.39, 0.29) is 19.4 Å². The van der Waals surface area contributed by atoms with Crippen molar-refractivity contribution in [2.75, 3.05) is 26.4 Å². The average Bonchev–Trinajstić information content (AvgIpc) is 3.17. The minimum Gasteiger partial charge on any atom is -0.462 e. The van der Waals surface area contributed by atoms with Crippen LogP contribution in [0, 0.1) is 0 Å². The monoisotopic (exact) mass is 801 g/mol. The summed E-state index contributed by atoms with van der Waals surface area (Å²) in [6.07, 6.45) is 41.1. The Morgan fingerprint density at radius 1 is 0.545 bits per heavy atom. The second-order valence-corrected chi connectivity index (χ2v) is 16.2. The van der Waals surface area contributed by atoms with Crippen molar-refractivity contribution in [2.24, 2.45) is 0 Å². The molecule has 0 aromatic carbocycles. The van der Waals surface area contributed by atoms with Gasteiger partial charge in [-0.3, -0.25) is 18.6 Å². The van der Waals surface area contributed by atoms with Gasteiger partial charge in [-0.15, -0.1) is 0 Å². The molecule has 10 nitrogen and oxygen atoms in total. The van der Waals surface area contributed by atoms with Crippen LogP contribution in [-0.4, -0.2) is 65.7 Å². The van der Waals surface area contributed by atoms with E-state index < -0.39 is 51.8 Å². The summed E-state index contributed by atoms with van der Waals surface area (Å²) in [7, 11) is -4.62. The van der Waals surface area contributed by atoms with Crippen LogP contribution < -0.4 is 0 Å². The molecule has 0 aromatic heterocycles. The van der Waals surface area contributed by atoms with Gasteiger partial charge in [0.2, 0.25) is 0 Å². The Hall–Kier alpha value is -1.81. The van der Waals surface area contributed by atoms with Crippen molar-refractivity contribution >= 4 is 19.8 Å². The van der Waals surface area contributed by atoms with Gasteiger partial charge in [-0.1, -0.05) is 147 Å². The maximum absolute atomic E-state index is 12.6. The number of esters is 2. The first-order valence-corrected chi connectivity index (χ1v) is 23.4. The second kappa shape index (κ2) is 40.4. The number of aliphatic hydroxyl groups excluding tert-OH is 2. The van der Waals surface area contributed by atoms with E-state index in [9.17, 15) is 24.2 Å². The third-order valence-corrected chi connectivity index (χ3v) is 10.2. The van der Waals surface area contributed by atoms with Crippen molar-refractivity contribution in [1.29, 1.82) is 0 Å². The molecule has 0 rings (SSSR count). The van der Waals surface area contributed by atoms with Crippen LogP contribution in [0.1, 0.15) is 194 Å². The maximum Gasteiger partial charge on any atom is 0.472 e. The van der Waals surface area contributed by atoms with E-state index in [2.05, 4.69) is 54.8 Å². The molecule has 0 saturated carbocycles. The third-order valence-electron chi connectivity index (χ3n) is 9.27. The fourth-order valence-electron chi connectivity index (χ4n) is 5.84. The van der Waals surface area contributed by atoms with Gasteiger partial charge in [-0.2, -0.15) is 0 Å². The summed E-state index contributed by atoms with van der Waals surface area (Å²) in [6.45, 7) is 2.33. The molecule has 0 saturated heterocycles. The van der Waals surface area contributed by atoms with Crippen LogP contribution in [-0.2, 0) is 32.7 Å². The van der Waals surface area contributed by atoms with Crippen molar-refractivity contribution in [3.63, 3.8) is 0 Å². The van der Waals surface area contributed by atoms with Crippen LogP contribution in [0.4, 0.5) is 0 Å². The Morgan fingerprint density at radius 3 is 1.45 bits per heavy atom. The van der Waals surface area contributed by atoms with Crippen LogP contribution >= 0.6 is 7.82 Å². The van der Waals surface area contributed by atoms with E-state index in [0.717, 1.165) is 51.4 Å². The first kappa shape index (κ1) is 53.2. The van der Waals surface area contributed by atoms with Gasteiger partial charge in [0.15, 0.2) is 6.10 Å². The van der Waals surface area contributed by atoms with Gasteiger partial charge in [0.25, 0.3) is 0 Å². The quantitative estimate of drug-likeness (QED) is 0.0236. The molecular weight excluding hydrogens is 719 g/mol. The summed E-state index contributed by atoms with van der Waals surface area (Å²) >= 11 is 0. The number of rotatable bonds is 41.